The summed E-state index contributed by atoms with van der Waals surface area (Å²) in [5, 5.41) is 0.751. The summed E-state index contributed by atoms with van der Waals surface area (Å²) in [7, 11) is 0. The molecule has 1 fully saturated rings. The van der Waals surface area contributed by atoms with E-state index in [1.54, 1.807) is 0 Å². The third-order valence-electron chi connectivity index (χ3n) is 6.94. The zero-order chi connectivity index (χ0) is 23.3. The van der Waals surface area contributed by atoms with Crippen LogP contribution in [0.2, 0.25) is 0 Å². The molecule has 1 aromatic heterocycles. The fraction of sp³-hybridized carbons (Fsp3) is 0.310. The van der Waals surface area contributed by atoms with Crippen molar-refractivity contribution < 1.29 is 8.78 Å². The van der Waals surface area contributed by atoms with Crippen molar-refractivity contribution >= 4 is 10.9 Å². The molecule has 1 aliphatic heterocycles. The lowest BCUT2D eigenvalue weighted by molar-refractivity contribution is 0.108. The molecule has 0 radical (unpaired) electrons. The van der Waals surface area contributed by atoms with Gasteiger partial charge in [0.2, 0.25) is 0 Å². The Hall–Kier alpha value is -3.02. The monoisotopic (exact) mass is 459 g/mol. The predicted molar refractivity (Wildman–Crippen MR) is 134 cm³/mol. The van der Waals surface area contributed by atoms with E-state index in [0.29, 0.717) is 0 Å². The first kappa shape index (κ1) is 22.8. The molecule has 0 bridgehead atoms. The average molecular weight is 460 g/mol. The highest BCUT2D eigenvalue weighted by molar-refractivity contribution is 5.80. The summed E-state index contributed by atoms with van der Waals surface area (Å²) in [4.78, 5) is 5.15. The zero-order valence-corrected chi connectivity index (χ0v) is 19.4. The molecule has 0 amide bonds. The van der Waals surface area contributed by atoms with E-state index in [1.807, 2.05) is 16.8 Å². The van der Waals surface area contributed by atoms with E-state index in [2.05, 4.69) is 70.5 Å². The standard InChI is InChI=1S/C29H31F2N3/c30-26-21-25-13-16-33(28(25)22-27(26)31)15-8-7-14-32-17-19-34(20-18-32)29(23-9-3-1-4-10-23)24-11-5-2-6-12-24/h1-6,9-13,16,21-22,29H,7-8,14-15,17-20H2. The van der Waals surface area contributed by atoms with E-state index >= 15 is 0 Å². The van der Waals surface area contributed by atoms with E-state index in [9.17, 15) is 8.78 Å². The Bertz CT molecular complexity index is 1160. The van der Waals surface area contributed by atoms with Crippen molar-refractivity contribution in [2.75, 3.05) is 32.7 Å². The van der Waals surface area contributed by atoms with Gasteiger partial charge in [0.15, 0.2) is 11.6 Å². The van der Waals surface area contributed by atoms with Crippen molar-refractivity contribution in [3.05, 3.63) is 108 Å². The van der Waals surface area contributed by atoms with E-state index in [4.69, 9.17) is 0 Å². The fourth-order valence-corrected chi connectivity index (χ4v) is 5.13. The van der Waals surface area contributed by atoms with Crippen LogP contribution in [0.25, 0.3) is 10.9 Å². The normalized spacial score (nSPS) is 15.4. The van der Waals surface area contributed by atoms with Crippen molar-refractivity contribution in [3.8, 4) is 0 Å². The van der Waals surface area contributed by atoms with Gasteiger partial charge in [-0.2, -0.15) is 0 Å². The molecule has 0 atom stereocenters. The molecule has 1 saturated heterocycles. The van der Waals surface area contributed by atoms with Gasteiger partial charge in [-0.05, 0) is 42.6 Å². The Morgan fingerprint density at radius 1 is 0.676 bits per heavy atom. The molecular formula is C29H31F2N3. The summed E-state index contributed by atoms with van der Waals surface area (Å²) < 4.78 is 29.1. The predicted octanol–water partition coefficient (Wildman–Crippen LogP) is 6.11. The minimum Gasteiger partial charge on any atom is -0.347 e. The maximum Gasteiger partial charge on any atom is 0.160 e. The Morgan fingerprint density at radius 2 is 1.26 bits per heavy atom. The van der Waals surface area contributed by atoms with Crippen molar-refractivity contribution in [3.63, 3.8) is 0 Å². The highest BCUT2D eigenvalue weighted by Gasteiger charge is 2.26. The molecule has 34 heavy (non-hydrogen) atoms. The number of halogens is 2. The summed E-state index contributed by atoms with van der Waals surface area (Å²) >= 11 is 0. The number of hydrogen-bond donors (Lipinski definition) is 0. The van der Waals surface area contributed by atoms with Gasteiger partial charge in [-0.3, -0.25) is 4.90 Å². The smallest absolute Gasteiger partial charge is 0.160 e. The van der Waals surface area contributed by atoms with Gasteiger partial charge >= 0.3 is 0 Å². The number of unbranched alkanes of at least 4 members (excludes halogenated alkanes) is 1. The molecular weight excluding hydrogens is 428 g/mol. The van der Waals surface area contributed by atoms with Crippen molar-refractivity contribution in [1.82, 2.24) is 14.4 Å². The number of piperazine rings is 1. The first-order valence-corrected chi connectivity index (χ1v) is 12.2. The minimum atomic E-state index is -0.786. The lowest BCUT2D eigenvalue weighted by atomic mass is 9.96. The van der Waals surface area contributed by atoms with Crippen LogP contribution in [0.1, 0.15) is 30.0 Å². The number of hydrogen-bond acceptors (Lipinski definition) is 2. The van der Waals surface area contributed by atoms with Gasteiger partial charge in [-0.25, -0.2) is 8.78 Å². The molecule has 0 N–H and O–H groups in total. The summed E-state index contributed by atoms with van der Waals surface area (Å²) in [6.07, 6.45) is 4.03. The van der Waals surface area contributed by atoms with Crippen LogP contribution in [-0.4, -0.2) is 47.1 Å². The lowest BCUT2D eigenvalue weighted by Gasteiger charge is -2.40. The highest BCUT2D eigenvalue weighted by Crippen LogP contribution is 2.29. The van der Waals surface area contributed by atoms with E-state index in [0.717, 1.165) is 63.0 Å². The molecule has 3 aromatic carbocycles. The second kappa shape index (κ2) is 10.5. The van der Waals surface area contributed by atoms with Crippen LogP contribution in [0.15, 0.2) is 85.1 Å². The van der Waals surface area contributed by atoms with E-state index in [1.165, 1.54) is 23.3 Å². The molecule has 2 heterocycles. The molecule has 1 aliphatic rings. The van der Waals surface area contributed by atoms with Crippen LogP contribution >= 0.6 is 0 Å². The number of aryl methyl sites for hydroxylation is 1. The first-order chi connectivity index (χ1) is 16.7. The van der Waals surface area contributed by atoms with E-state index < -0.39 is 11.6 Å². The largest absolute Gasteiger partial charge is 0.347 e. The highest BCUT2D eigenvalue weighted by atomic mass is 19.2. The van der Waals surface area contributed by atoms with Gasteiger partial charge in [-0.1, -0.05) is 60.7 Å². The topological polar surface area (TPSA) is 11.4 Å². The molecule has 5 rings (SSSR count). The molecule has 0 saturated carbocycles. The summed E-state index contributed by atoms with van der Waals surface area (Å²) in [6.45, 7) is 6.10. The molecule has 4 aromatic rings. The van der Waals surface area contributed by atoms with Crippen molar-refractivity contribution in [2.24, 2.45) is 0 Å². The van der Waals surface area contributed by atoms with Crippen LogP contribution in [0.5, 0.6) is 0 Å². The Balaban J connectivity index is 1.14. The van der Waals surface area contributed by atoms with Gasteiger partial charge in [0, 0.05) is 50.4 Å². The quantitative estimate of drug-likeness (QED) is 0.295. The van der Waals surface area contributed by atoms with Crippen LogP contribution in [0.4, 0.5) is 8.78 Å². The maximum atomic E-state index is 13.6. The number of benzene rings is 3. The van der Waals surface area contributed by atoms with Gasteiger partial charge in [0.25, 0.3) is 0 Å². The average Bonchev–Trinajstić information content (AvgIpc) is 3.26. The number of fused-ring (bicyclic) bond motifs is 1. The van der Waals surface area contributed by atoms with Gasteiger partial charge in [0.1, 0.15) is 0 Å². The minimum absolute atomic E-state index is 0.289. The Labute approximate surface area is 200 Å². The second-order valence-electron chi connectivity index (χ2n) is 9.14. The summed E-state index contributed by atoms with van der Waals surface area (Å²) in [5.74, 6) is -1.57. The maximum absolute atomic E-state index is 13.6. The molecule has 176 valence electrons. The summed E-state index contributed by atoms with van der Waals surface area (Å²) in [5.41, 5.74) is 3.45. The number of aromatic nitrogens is 1. The van der Waals surface area contributed by atoms with Gasteiger partial charge < -0.3 is 9.47 Å². The fourth-order valence-electron chi connectivity index (χ4n) is 5.13. The Morgan fingerprint density at radius 3 is 1.91 bits per heavy atom. The number of rotatable bonds is 8. The molecule has 0 unspecified atom stereocenters. The zero-order valence-electron chi connectivity index (χ0n) is 19.4. The molecule has 0 aliphatic carbocycles. The lowest BCUT2D eigenvalue weighted by Crippen LogP contribution is -2.48. The van der Waals surface area contributed by atoms with E-state index in [-0.39, 0.29) is 6.04 Å². The Kier molecular flexibility index (Phi) is 7.02. The first-order valence-electron chi connectivity index (χ1n) is 12.2. The van der Waals surface area contributed by atoms with Gasteiger partial charge in [-0.15, -0.1) is 0 Å². The number of nitrogens with zero attached hydrogens (tertiary/aromatic N) is 3. The molecule has 0 spiro atoms. The third kappa shape index (κ3) is 5.06. The van der Waals surface area contributed by atoms with Crippen LogP contribution < -0.4 is 0 Å². The molecule has 5 heteroatoms. The van der Waals surface area contributed by atoms with Crippen LogP contribution in [0.3, 0.4) is 0 Å². The molecule has 3 nitrogen and oxygen atoms in total. The van der Waals surface area contributed by atoms with Crippen LogP contribution in [-0.2, 0) is 6.54 Å². The second-order valence-corrected chi connectivity index (χ2v) is 9.14. The van der Waals surface area contributed by atoms with Gasteiger partial charge in [0.05, 0.1) is 11.6 Å². The van der Waals surface area contributed by atoms with Crippen LogP contribution in [0, 0.1) is 11.6 Å². The van der Waals surface area contributed by atoms with Crippen molar-refractivity contribution in [1.29, 1.82) is 0 Å². The third-order valence-corrected chi connectivity index (χ3v) is 6.94. The summed E-state index contributed by atoms with van der Waals surface area (Å²) in [6, 6.07) is 26.3. The SMILES string of the molecule is Fc1cc2ccn(CCCCN3CCN(C(c4ccccc4)c4ccccc4)CC3)c2cc1F. The van der Waals surface area contributed by atoms with Crippen molar-refractivity contribution in [2.45, 2.75) is 25.4 Å².